The van der Waals surface area contributed by atoms with E-state index in [9.17, 15) is 4.21 Å². The predicted molar refractivity (Wildman–Crippen MR) is 94.9 cm³/mol. The van der Waals surface area contributed by atoms with Crippen LogP contribution in [-0.2, 0) is 19.9 Å². The maximum Gasteiger partial charge on any atom is 0.162 e. The average Bonchev–Trinajstić information content (AvgIpc) is 2.54. The van der Waals surface area contributed by atoms with Gasteiger partial charge in [0.05, 0.1) is 0 Å². The standard InChI is InChI=1S/C20H17OS/c1-22(21,14-13-17-7-3-2-4-8-17)16-18-11-12-19-9-5-6-10-20(19)15-18/h2-12,15H,16H2,1H3/q+1. The van der Waals surface area contributed by atoms with Crippen molar-refractivity contribution in [3.8, 4) is 11.2 Å². The van der Waals surface area contributed by atoms with Crippen molar-refractivity contribution in [3.05, 3.63) is 83.9 Å². The summed E-state index contributed by atoms with van der Waals surface area (Å²) in [6, 6.07) is 24.1. The van der Waals surface area contributed by atoms with E-state index in [0.717, 1.165) is 11.1 Å². The number of fused-ring (bicyclic) bond motifs is 1. The van der Waals surface area contributed by atoms with Crippen LogP contribution in [0.3, 0.4) is 0 Å². The summed E-state index contributed by atoms with van der Waals surface area (Å²) in [6.07, 6.45) is 1.73. The van der Waals surface area contributed by atoms with Crippen molar-refractivity contribution in [2.45, 2.75) is 5.75 Å². The van der Waals surface area contributed by atoms with Gasteiger partial charge in [0, 0.05) is 11.1 Å². The molecule has 0 N–H and O–H groups in total. The molecule has 3 aromatic rings. The van der Waals surface area contributed by atoms with Crippen molar-refractivity contribution in [1.29, 1.82) is 0 Å². The molecular weight excluding hydrogens is 288 g/mol. The zero-order valence-corrected chi connectivity index (χ0v) is 13.3. The van der Waals surface area contributed by atoms with Crippen LogP contribution in [-0.4, -0.2) is 6.26 Å². The van der Waals surface area contributed by atoms with E-state index in [-0.39, 0.29) is 0 Å². The fourth-order valence-electron chi connectivity index (χ4n) is 2.37. The van der Waals surface area contributed by atoms with E-state index < -0.39 is 9.93 Å². The molecule has 22 heavy (non-hydrogen) atoms. The second-order valence-corrected chi connectivity index (χ2v) is 7.93. The maximum atomic E-state index is 12.7. The Kier molecular flexibility index (Phi) is 4.09. The minimum atomic E-state index is -2.21. The van der Waals surface area contributed by atoms with Crippen molar-refractivity contribution in [1.82, 2.24) is 0 Å². The normalized spacial score (nSPS) is 13.1. The van der Waals surface area contributed by atoms with Crippen molar-refractivity contribution in [3.63, 3.8) is 0 Å². The van der Waals surface area contributed by atoms with Gasteiger partial charge in [-0.15, -0.1) is 0 Å². The van der Waals surface area contributed by atoms with Crippen LogP contribution >= 0.6 is 0 Å². The molecule has 0 bridgehead atoms. The lowest BCUT2D eigenvalue weighted by atomic mass is 10.1. The second kappa shape index (κ2) is 6.17. The topological polar surface area (TPSA) is 17.1 Å². The molecule has 3 aromatic carbocycles. The zero-order valence-electron chi connectivity index (χ0n) is 12.5. The maximum absolute atomic E-state index is 12.7. The van der Waals surface area contributed by atoms with Gasteiger partial charge < -0.3 is 0 Å². The first-order chi connectivity index (χ1) is 10.6. The van der Waals surface area contributed by atoms with Crippen LogP contribution in [0.2, 0.25) is 0 Å². The summed E-state index contributed by atoms with van der Waals surface area (Å²) in [5, 5.41) is 5.32. The fourth-order valence-corrected chi connectivity index (χ4v) is 3.59. The number of benzene rings is 3. The van der Waals surface area contributed by atoms with E-state index in [4.69, 9.17) is 0 Å². The van der Waals surface area contributed by atoms with Gasteiger partial charge in [-0.05, 0) is 34.9 Å². The Balaban J connectivity index is 1.84. The molecule has 0 aliphatic rings. The van der Waals surface area contributed by atoms with Crippen LogP contribution in [0.5, 0.6) is 0 Å². The van der Waals surface area contributed by atoms with Crippen LogP contribution in [0.25, 0.3) is 10.8 Å². The average molecular weight is 305 g/mol. The second-order valence-electron chi connectivity index (χ2n) is 5.42. The third kappa shape index (κ3) is 3.63. The monoisotopic (exact) mass is 305 g/mol. The summed E-state index contributed by atoms with van der Waals surface area (Å²) in [4.78, 5) is 0. The van der Waals surface area contributed by atoms with Gasteiger partial charge in [-0.1, -0.05) is 58.8 Å². The summed E-state index contributed by atoms with van der Waals surface area (Å²) in [5.74, 6) is 3.50. The fraction of sp³-hybridized carbons (Fsp3) is 0.100. The van der Waals surface area contributed by atoms with E-state index in [1.54, 1.807) is 6.26 Å². The SMILES string of the molecule is C[S+](=O)(C#Cc1ccccc1)Cc1ccc2ccccc2c1. The highest BCUT2D eigenvalue weighted by atomic mass is 32.2. The van der Waals surface area contributed by atoms with E-state index in [2.05, 4.69) is 35.4 Å². The Morgan fingerprint density at radius 1 is 0.864 bits per heavy atom. The van der Waals surface area contributed by atoms with Crippen molar-refractivity contribution in [2.75, 3.05) is 6.26 Å². The zero-order chi connectivity index (χ0) is 15.4. The van der Waals surface area contributed by atoms with Crippen molar-refractivity contribution in [2.24, 2.45) is 0 Å². The van der Waals surface area contributed by atoms with Gasteiger partial charge in [0.2, 0.25) is 0 Å². The van der Waals surface area contributed by atoms with Gasteiger partial charge in [0.25, 0.3) is 0 Å². The molecule has 0 spiro atoms. The van der Waals surface area contributed by atoms with Gasteiger partial charge in [-0.3, -0.25) is 0 Å². The smallest absolute Gasteiger partial charge is 0.0901 e. The molecule has 0 aromatic heterocycles. The lowest BCUT2D eigenvalue weighted by Crippen LogP contribution is -2.08. The molecule has 0 amide bonds. The van der Waals surface area contributed by atoms with Crippen molar-refractivity contribution >= 4 is 20.7 Å². The van der Waals surface area contributed by atoms with Crippen LogP contribution in [0.4, 0.5) is 0 Å². The summed E-state index contributed by atoms with van der Waals surface area (Å²) in [5.41, 5.74) is 1.96. The molecule has 0 radical (unpaired) electrons. The minimum Gasteiger partial charge on any atom is -0.0901 e. The third-order valence-corrected chi connectivity index (χ3v) is 4.86. The largest absolute Gasteiger partial charge is 0.162 e. The summed E-state index contributed by atoms with van der Waals surface area (Å²) < 4.78 is 12.7. The van der Waals surface area contributed by atoms with Crippen molar-refractivity contribution < 1.29 is 4.21 Å². The highest BCUT2D eigenvalue weighted by molar-refractivity contribution is 8.05. The first-order valence-corrected chi connectivity index (χ1v) is 9.28. The van der Waals surface area contributed by atoms with Gasteiger partial charge >= 0.3 is 0 Å². The van der Waals surface area contributed by atoms with Gasteiger partial charge in [0.15, 0.2) is 15.2 Å². The van der Waals surface area contributed by atoms with Crippen LogP contribution in [0, 0.1) is 11.2 Å². The highest BCUT2D eigenvalue weighted by Gasteiger charge is 2.19. The molecule has 0 aliphatic carbocycles. The molecule has 1 unspecified atom stereocenters. The molecule has 3 rings (SSSR count). The molecule has 1 atom stereocenters. The molecule has 0 saturated heterocycles. The lowest BCUT2D eigenvalue weighted by Gasteiger charge is -2.02. The first-order valence-electron chi connectivity index (χ1n) is 7.15. The molecule has 1 nitrogen and oxygen atoms in total. The van der Waals surface area contributed by atoms with Crippen LogP contribution < -0.4 is 0 Å². The number of hydrogen-bond donors (Lipinski definition) is 0. The molecule has 0 saturated carbocycles. The predicted octanol–water partition coefficient (Wildman–Crippen LogP) is 4.48. The summed E-state index contributed by atoms with van der Waals surface area (Å²) in [7, 11) is -2.21. The van der Waals surface area contributed by atoms with Crippen LogP contribution in [0.1, 0.15) is 11.1 Å². The Hall–Kier alpha value is -2.37. The van der Waals surface area contributed by atoms with Gasteiger partial charge in [-0.2, -0.15) is 0 Å². The number of hydrogen-bond acceptors (Lipinski definition) is 1. The quantitative estimate of drug-likeness (QED) is 0.504. The first kappa shape index (κ1) is 14.6. The molecule has 0 aliphatic heterocycles. The highest BCUT2D eigenvalue weighted by Crippen LogP contribution is 2.18. The lowest BCUT2D eigenvalue weighted by molar-refractivity contribution is 0.593. The van der Waals surface area contributed by atoms with Gasteiger partial charge in [-0.25, -0.2) is 0 Å². The van der Waals surface area contributed by atoms with E-state index >= 15 is 0 Å². The van der Waals surface area contributed by atoms with E-state index in [1.807, 2.05) is 48.5 Å². The third-order valence-electron chi connectivity index (χ3n) is 3.44. The summed E-state index contributed by atoms with van der Waals surface area (Å²) >= 11 is 0. The van der Waals surface area contributed by atoms with E-state index in [0.29, 0.717) is 5.75 Å². The minimum absolute atomic E-state index is 0.484. The van der Waals surface area contributed by atoms with Gasteiger partial charge in [0.1, 0.15) is 12.0 Å². The summed E-state index contributed by atoms with van der Waals surface area (Å²) in [6.45, 7) is 0. The molecule has 2 heteroatoms. The molecule has 0 fully saturated rings. The van der Waals surface area contributed by atoms with E-state index in [1.165, 1.54) is 10.8 Å². The Morgan fingerprint density at radius 3 is 2.32 bits per heavy atom. The number of rotatable bonds is 2. The Bertz CT molecular complexity index is 901. The molecule has 0 heterocycles. The Morgan fingerprint density at radius 2 is 1.55 bits per heavy atom. The molecule has 108 valence electrons. The van der Waals surface area contributed by atoms with Crippen LogP contribution in [0.15, 0.2) is 72.8 Å². The Labute approximate surface area is 132 Å². The molecular formula is C20H17OS+.